The van der Waals surface area contributed by atoms with Crippen LogP contribution in [0.25, 0.3) is 11.4 Å². The second kappa shape index (κ2) is 6.43. The summed E-state index contributed by atoms with van der Waals surface area (Å²) < 4.78 is 39.2. The van der Waals surface area contributed by atoms with E-state index in [1.165, 1.54) is 4.90 Å². The molecule has 0 N–H and O–H groups in total. The first-order chi connectivity index (χ1) is 12.0. The number of hydrogen-bond acceptors (Lipinski definition) is 4. The number of nitrogens with zero attached hydrogens (tertiary/aromatic N) is 3. The van der Waals surface area contributed by atoms with Gasteiger partial charge in [-0.3, -0.25) is 4.90 Å². The van der Waals surface area contributed by atoms with Gasteiger partial charge < -0.3 is 14.0 Å². The Morgan fingerprint density at radius 1 is 1.36 bits per heavy atom. The van der Waals surface area contributed by atoms with E-state index in [-0.39, 0.29) is 6.61 Å². The molecule has 1 aromatic heterocycles. The van der Waals surface area contributed by atoms with E-state index in [2.05, 4.69) is 27.6 Å². The van der Waals surface area contributed by atoms with E-state index < -0.39 is 25.0 Å². The Morgan fingerprint density at radius 3 is 3.00 bits per heavy atom. The summed E-state index contributed by atoms with van der Waals surface area (Å²) >= 11 is 2.20. The van der Waals surface area contributed by atoms with Gasteiger partial charge in [0, 0.05) is 16.2 Å². The van der Waals surface area contributed by atoms with Crippen molar-refractivity contribution in [2.24, 2.45) is 0 Å². The number of carbonyl (C=O) groups is 1. The summed E-state index contributed by atoms with van der Waals surface area (Å²) in [6.07, 6.45) is -1.90. The third-order valence-corrected chi connectivity index (χ3v) is 4.87. The number of ether oxygens (including phenoxy) is 2. The van der Waals surface area contributed by atoms with Crippen molar-refractivity contribution >= 4 is 34.5 Å². The van der Waals surface area contributed by atoms with Crippen LogP contribution >= 0.6 is 22.6 Å². The third kappa shape index (κ3) is 3.05. The van der Waals surface area contributed by atoms with Gasteiger partial charge in [0.2, 0.25) is 6.43 Å². The Labute approximate surface area is 155 Å². The first-order valence-corrected chi connectivity index (χ1v) is 8.85. The van der Waals surface area contributed by atoms with Crippen LogP contribution in [0.15, 0.2) is 24.4 Å². The number of imidazole rings is 1. The molecule has 0 radical (unpaired) electrons. The first kappa shape index (κ1) is 16.6. The molecule has 1 aromatic carbocycles. The van der Waals surface area contributed by atoms with Crippen LogP contribution in [-0.4, -0.2) is 41.3 Å². The maximum atomic E-state index is 12.8. The molecule has 4 rings (SSSR count). The van der Waals surface area contributed by atoms with Gasteiger partial charge in [0.1, 0.15) is 24.8 Å². The summed E-state index contributed by atoms with van der Waals surface area (Å²) in [5.74, 6) is 1.69. The van der Waals surface area contributed by atoms with Gasteiger partial charge in [0.05, 0.1) is 18.2 Å². The summed E-state index contributed by atoms with van der Waals surface area (Å²) in [6.45, 7) is 0.958. The number of hydrogen-bond donors (Lipinski definition) is 0. The number of benzene rings is 1. The van der Waals surface area contributed by atoms with Gasteiger partial charge in [-0.1, -0.05) is 0 Å². The number of halogens is 3. The quantitative estimate of drug-likeness (QED) is 0.657. The van der Waals surface area contributed by atoms with Crippen molar-refractivity contribution in [1.29, 1.82) is 0 Å². The van der Waals surface area contributed by atoms with Crippen molar-refractivity contribution in [2.75, 3.05) is 18.1 Å². The number of carbonyl (C=O) groups excluding carboxylic acids is 1. The van der Waals surface area contributed by atoms with E-state index in [9.17, 15) is 13.6 Å². The highest BCUT2D eigenvalue weighted by molar-refractivity contribution is 14.1. The summed E-state index contributed by atoms with van der Waals surface area (Å²) in [5, 5.41) is 0. The number of aromatic nitrogens is 2. The summed E-state index contributed by atoms with van der Waals surface area (Å²) in [6, 6.07) is 5.06. The molecule has 2 aromatic rings. The predicted molar refractivity (Wildman–Crippen MR) is 94.1 cm³/mol. The largest absolute Gasteiger partial charge is 0.491 e. The van der Waals surface area contributed by atoms with E-state index in [0.29, 0.717) is 24.8 Å². The Bertz CT molecular complexity index is 827. The average molecular weight is 461 g/mol. The number of alkyl halides is 2. The lowest BCUT2D eigenvalue weighted by Gasteiger charge is -2.18. The Hall–Kier alpha value is -1.91. The van der Waals surface area contributed by atoms with Crippen molar-refractivity contribution in [3.8, 4) is 17.1 Å². The van der Waals surface area contributed by atoms with Crippen molar-refractivity contribution in [3.05, 3.63) is 28.0 Å². The standard InChI is InChI=1S/C16H14F2IN3O3/c17-13(18)6-10-8-25-16(23)22(10)14-7-21-3-4-24-12-5-9(19)1-2-11(12)15(21)20-14/h1-2,5,7,10,13H,3-4,6,8H2/t10-/m0/s1. The average Bonchev–Trinajstić information content (AvgIpc) is 3.06. The topological polar surface area (TPSA) is 56.6 Å². The molecule has 0 bridgehead atoms. The van der Waals surface area contributed by atoms with Crippen LogP contribution in [-0.2, 0) is 11.3 Å². The lowest BCUT2D eigenvalue weighted by molar-refractivity contribution is 0.122. The van der Waals surface area contributed by atoms with Gasteiger partial charge in [-0.05, 0) is 40.8 Å². The van der Waals surface area contributed by atoms with Gasteiger partial charge in [-0.2, -0.15) is 0 Å². The van der Waals surface area contributed by atoms with Crippen molar-refractivity contribution in [3.63, 3.8) is 0 Å². The highest BCUT2D eigenvalue weighted by Crippen LogP contribution is 2.36. The SMILES string of the molecule is O=C1OC[C@H](CC(F)F)N1c1cn2c(n1)-c1ccc(I)cc1OCC2. The minimum atomic E-state index is -2.52. The number of anilines is 1. The third-order valence-electron chi connectivity index (χ3n) is 4.20. The maximum absolute atomic E-state index is 12.8. The first-order valence-electron chi connectivity index (χ1n) is 7.77. The fourth-order valence-corrected chi connectivity index (χ4v) is 3.54. The molecule has 25 heavy (non-hydrogen) atoms. The minimum absolute atomic E-state index is 0.0523. The number of rotatable bonds is 3. The molecule has 0 unspecified atom stereocenters. The summed E-state index contributed by atoms with van der Waals surface area (Å²) in [7, 11) is 0. The Balaban J connectivity index is 1.74. The van der Waals surface area contributed by atoms with Crippen LogP contribution in [0.5, 0.6) is 5.75 Å². The molecule has 9 heteroatoms. The van der Waals surface area contributed by atoms with Gasteiger partial charge in [0.15, 0.2) is 5.82 Å². The van der Waals surface area contributed by atoms with Crippen LogP contribution in [0.4, 0.5) is 19.4 Å². The van der Waals surface area contributed by atoms with E-state index in [1.807, 2.05) is 22.8 Å². The minimum Gasteiger partial charge on any atom is -0.491 e. The van der Waals surface area contributed by atoms with E-state index in [4.69, 9.17) is 9.47 Å². The van der Waals surface area contributed by atoms with Crippen molar-refractivity contribution < 1.29 is 23.0 Å². The fourth-order valence-electron chi connectivity index (χ4n) is 3.08. The van der Waals surface area contributed by atoms with E-state index in [0.717, 1.165) is 14.9 Å². The molecule has 0 spiro atoms. The summed E-state index contributed by atoms with van der Waals surface area (Å²) in [4.78, 5) is 17.8. The lowest BCUT2D eigenvalue weighted by Crippen LogP contribution is -2.35. The number of amides is 1. The monoisotopic (exact) mass is 461 g/mol. The molecule has 132 valence electrons. The molecule has 1 fully saturated rings. The molecular weight excluding hydrogens is 447 g/mol. The second-order valence-corrected chi connectivity index (χ2v) is 7.08. The normalized spacial score (nSPS) is 19.3. The van der Waals surface area contributed by atoms with Crippen LogP contribution in [0.1, 0.15) is 6.42 Å². The number of fused-ring (bicyclic) bond motifs is 3. The molecule has 6 nitrogen and oxygen atoms in total. The zero-order chi connectivity index (χ0) is 17.6. The van der Waals surface area contributed by atoms with Gasteiger partial charge in [0.25, 0.3) is 0 Å². The van der Waals surface area contributed by atoms with Crippen LogP contribution < -0.4 is 9.64 Å². The van der Waals surface area contributed by atoms with Gasteiger partial charge >= 0.3 is 6.09 Å². The molecule has 1 amide bonds. The highest BCUT2D eigenvalue weighted by Gasteiger charge is 2.38. The molecular formula is C16H14F2IN3O3. The van der Waals surface area contributed by atoms with Crippen LogP contribution in [0.3, 0.4) is 0 Å². The maximum Gasteiger partial charge on any atom is 0.415 e. The van der Waals surface area contributed by atoms with Crippen LogP contribution in [0, 0.1) is 3.57 Å². The van der Waals surface area contributed by atoms with Crippen LogP contribution in [0.2, 0.25) is 0 Å². The molecule has 0 saturated carbocycles. The molecule has 2 aliphatic rings. The predicted octanol–water partition coefficient (Wildman–Crippen LogP) is 3.53. The Morgan fingerprint density at radius 2 is 2.20 bits per heavy atom. The molecule has 0 aliphatic carbocycles. The van der Waals surface area contributed by atoms with Gasteiger partial charge in [-0.15, -0.1) is 0 Å². The zero-order valence-electron chi connectivity index (χ0n) is 13.0. The molecule has 1 atom stereocenters. The molecule has 3 heterocycles. The zero-order valence-corrected chi connectivity index (χ0v) is 15.2. The number of cyclic esters (lactones) is 1. The second-order valence-electron chi connectivity index (χ2n) is 5.83. The Kier molecular flexibility index (Phi) is 4.26. The van der Waals surface area contributed by atoms with Gasteiger partial charge in [-0.25, -0.2) is 18.6 Å². The lowest BCUT2D eigenvalue weighted by atomic mass is 10.2. The molecule has 2 aliphatic heterocycles. The molecule has 1 saturated heterocycles. The van der Waals surface area contributed by atoms with Crippen molar-refractivity contribution in [2.45, 2.75) is 25.4 Å². The van der Waals surface area contributed by atoms with Crippen molar-refractivity contribution in [1.82, 2.24) is 9.55 Å². The fraction of sp³-hybridized carbons (Fsp3) is 0.375. The van der Waals surface area contributed by atoms with E-state index >= 15 is 0 Å². The van der Waals surface area contributed by atoms with E-state index in [1.54, 1.807) is 6.20 Å². The highest BCUT2D eigenvalue weighted by atomic mass is 127. The summed E-state index contributed by atoms with van der Waals surface area (Å²) in [5.41, 5.74) is 0.808. The smallest absolute Gasteiger partial charge is 0.415 e.